The highest BCUT2D eigenvalue weighted by molar-refractivity contribution is 6.02. The molecule has 0 saturated carbocycles. The van der Waals surface area contributed by atoms with Crippen molar-refractivity contribution in [2.45, 2.75) is 5.41 Å². The number of amides is 2. The zero-order valence-corrected chi connectivity index (χ0v) is 26.2. The normalized spacial score (nSPS) is 12.9. The van der Waals surface area contributed by atoms with E-state index in [-0.39, 0.29) is 23.4 Å². The molecule has 0 atom stereocenters. The van der Waals surface area contributed by atoms with Gasteiger partial charge in [-0.15, -0.1) is 0 Å². The van der Waals surface area contributed by atoms with Gasteiger partial charge in [-0.25, -0.2) is 8.78 Å². The van der Waals surface area contributed by atoms with Gasteiger partial charge in [-0.05, 0) is 105 Å². The van der Waals surface area contributed by atoms with E-state index < -0.39 is 5.41 Å². The average molecular weight is 645 g/mol. The summed E-state index contributed by atoms with van der Waals surface area (Å²) < 4.78 is 26.5. The Morgan fingerprint density at radius 2 is 0.837 bits per heavy atom. The van der Waals surface area contributed by atoms with Crippen molar-refractivity contribution in [1.82, 2.24) is 0 Å². The van der Waals surface area contributed by atoms with Crippen LogP contribution in [0.3, 0.4) is 0 Å². The van der Waals surface area contributed by atoms with E-state index in [0.29, 0.717) is 11.4 Å². The Bertz CT molecular complexity index is 2040. The number of benzene rings is 6. The zero-order chi connectivity index (χ0) is 33.8. The summed E-state index contributed by atoms with van der Waals surface area (Å²) in [6, 6.07) is 44.3. The number of hydrogen-bond acceptors (Lipinski definition) is 2. The Hall–Kier alpha value is -6.40. The highest BCUT2D eigenvalue weighted by Gasteiger charge is 2.45. The van der Waals surface area contributed by atoms with Gasteiger partial charge in [-0.2, -0.15) is 0 Å². The van der Waals surface area contributed by atoms with Gasteiger partial charge < -0.3 is 10.6 Å². The molecule has 7 rings (SSSR count). The maximum absolute atomic E-state index is 13.2. The summed E-state index contributed by atoms with van der Waals surface area (Å²) in [7, 11) is 0. The van der Waals surface area contributed by atoms with Crippen LogP contribution in [-0.2, 0) is 15.0 Å². The molecular weight excluding hydrogens is 614 g/mol. The van der Waals surface area contributed by atoms with Gasteiger partial charge in [0.05, 0.1) is 5.41 Å². The number of fused-ring (bicyclic) bond motifs is 3. The molecule has 0 aliphatic heterocycles. The third kappa shape index (κ3) is 6.32. The van der Waals surface area contributed by atoms with E-state index in [9.17, 15) is 18.4 Å². The van der Waals surface area contributed by atoms with Crippen LogP contribution in [0.5, 0.6) is 0 Å². The van der Waals surface area contributed by atoms with Gasteiger partial charge in [-0.1, -0.05) is 97.1 Å². The lowest BCUT2D eigenvalue weighted by Crippen LogP contribution is -2.28. The molecule has 4 nitrogen and oxygen atoms in total. The summed E-state index contributed by atoms with van der Waals surface area (Å²) in [6.45, 7) is 0. The van der Waals surface area contributed by atoms with Crippen molar-refractivity contribution in [1.29, 1.82) is 0 Å². The Labute approximate surface area is 283 Å². The van der Waals surface area contributed by atoms with Gasteiger partial charge in [0, 0.05) is 23.5 Å². The zero-order valence-electron chi connectivity index (χ0n) is 26.2. The molecule has 2 N–H and O–H groups in total. The topological polar surface area (TPSA) is 58.2 Å². The number of hydrogen-bond donors (Lipinski definition) is 2. The van der Waals surface area contributed by atoms with E-state index in [1.165, 1.54) is 36.4 Å². The maximum Gasteiger partial charge on any atom is 0.248 e. The van der Waals surface area contributed by atoms with Crippen LogP contribution in [-0.4, -0.2) is 11.8 Å². The van der Waals surface area contributed by atoms with Crippen LogP contribution in [0, 0.1) is 11.6 Å². The van der Waals surface area contributed by atoms with Gasteiger partial charge >= 0.3 is 0 Å². The molecule has 0 fully saturated rings. The Morgan fingerprint density at radius 1 is 0.469 bits per heavy atom. The second-order valence-corrected chi connectivity index (χ2v) is 11.7. The lowest BCUT2D eigenvalue weighted by Gasteiger charge is -2.34. The molecule has 0 heterocycles. The van der Waals surface area contributed by atoms with Crippen LogP contribution in [0.1, 0.15) is 33.4 Å². The smallest absolute Gasteiger partial charge is 0.248 e. The molecule has 238 valence electrons. The lowest BCUT2D eigenvalue weighted by molar-refractivity contribution is -0.112. The largest absolute Gasteiger partial charge is 0.323 e. The van der Waals surface area contributed by atoms with Crippen molar-refractivity contribution in [3.63, 3.8) is 0 Å². The molecule has 2 amide bonds. The van der Waals surface area contributed by atoms with Crippen molar-refractivity contribution in [3.05, 3.63) is 203 Å². The van der Waals surface area contributed by atoms with Crippen LogP contribution in [0.2, 0.25) is 0 Å². The number of nitrogens with one attached hydrogen (secondary N) is 2. The molecule has 49 heavy (non-hydrogen) atoms. The Balaban J connectivity index is 1.20. The molecule has 0 aromatic heterocycles. The quantitative estimate of drug-likeness (QED) is 0.162. The second-order valence-electron chi connectivity index (χ2n) is 11.7. The summed E-state index contributed by atoms with van der Waals surface area (Å²) in [4.78, 5) is 25.4. The molecule has 0 saturated heterocycles. The maximum atomic E-state index is 13.2. The molecule has 1 aliphatic carbocycles. The number of carbonyl (C=O) groups is 2. The van der Waals surface area contributed by atoms with Gasteiger partial charge in [0.1, 0.15) is 11.6 Å². The van der Waals surface area contributed by atoms with E-state index in [2.05, 4.69) is 34.9 Å². The van der Waals surface area contributed by atoms with Crippen molar-refractivity contribution in [2.24, 2.45) is 0 Å². The predicted molar refractivity (Wildman–Crippen MR) is 192 cm³/mol. The van der Waals surface area contributed by atoms with Crippen LogP contribution >= 0.6 is 0 Å². The third-order valence-electron chi connectivity index (χ3n) is 8.72. The van der Waals surface area contributed by atoms with Gasteiger partial charge in [0.25, 0.3) is 0 Å². The van der Waals surface area contributed by atoms with Gasteiger partial charge in [0.2, 0.25) is 11.8 Å². The van der Waals surface area contributed by atoms with E-state index in [1.807, 2.05) is 72.8 Å². The molecule has 1 aliphatic rings. The Kier molecular flexibility index (Phi) is 8.52. The molecule has 6 aromatic carbocycles. The molecule has 0 radical (unpaired) electrons. The van der Waals surface area contributed by atoms with E-state index in [0.717, 1.165) is 44.5 Å². The monoisotopic (exact) mass is 644 g/mol. The molecule has 6 aromatic rings. The lowest BCUT2D eigenvalue weighted by atomic mass is 9.67. The fraction of sp³-hybridized carbons (Fsp3) is 0.0233. The van der Waals surface area contributed by atoms with Crippen LogP contribution in [0.25, 0.3) is 23.3 Å². The highest BCUT2D eigenvalue weighted by atomic mass is 19.1. The minimum absolute atomic E-state index is 0.298. The van der Waals surface area contributed by atoms with Crippen molar-refractivity contribution < 1.29 is 18.4 Å². The van der Waals surface area contributed by atoms with Crippen molar-refractivity contribution in [2.75, 3.05) is 10.6 Å². The Morgan fingerprint density at radius 3 is 1.22 bits per heavy atom. The summed E-state index contributed by atoms with van der Waals surface area (Å²) >= 11 is 0. The fourth-order valence-corrected chi connectivity index (χ4v) is 6.49. The first-order valence-electron chi connectivity index (χ1n) is 15.8. The minimum atomic E-state index is -0.663. The average Bonchev–Trinajstić information content (AvgIpc) is 3.43. The summed E-state index contributed by atoms with van der Waals surface area (Å²) in [5, 5.41) is 5.84. The molecule has 0 unspecified atom stereocenters. The van der Waals surface area contributed by atoms with Crippen LogP contribution in [0.15, 0.2) is 158 Å². The van der Waals surface area contributed by atoms with Crippen LogP contribution in [0.4, 0.5) is 20.2 Å². The predicted octanol–water partition coefficient (Wildman–Crippen LogP) is 9.63. The number of rotatable bonds is 8. The summed E-state index contributed by atoms with van der Waals surface area (Å²) in [5.41, 5.74) is 8.64. The molecular formula is C43H30F2N2O2. The first-order chi connectivity index (χ1) is 23.9. The minimum Gasteiger partial charge on any atom is -0.323 e. The van der Waals surface area contributed by atoms with Gasteiger partial charge in [-0.3, -0.25) is 9.59 Å². The first kappa shape index (κ1) is 31.2. The number of carbonyl (C=O) groups excluding carboxylic acids is 2. The number of anilines is 2. The molecule has 0 bridgehead atoms. The molecule has 6 heteroatoms. The number of halogens is 2. The third-order valence-corrected chi connectivity index (χ3v) is 8.72. The second kappa shape index (κ2) is 13.4. The SMILES string of the molecule is O=C(/C=C/c1ccc(F)cc1)Nc1ccc(C2(c3ccc(NC(=O)/C=C/c4ccc(F)cc4)cc3)c3ccccc3-c3ccccc32)cc1. The highest BCUT2D eigenvalue weighted by Crippen LogP contribution is 2.56. The first-order valence-corrected chi connectivity index (χ1v) is 15.8. The fourth-order valence-electron chi connectivity index (χ4n) is 6.49. The molecule has 0 spiro atoms. The van der Waals surface area contributed by atoms with Gasteiger partial charge in [0.15, 0.2) is 0 Å². The van der Waals surface area contributed by atoms with E-state index in [4.69, 9.17) is 0 Å². The van der Waals surface area contributed by atoms with Crippen molar-refractivity contribution >= 4 is 35.3 Å². The van der Waals surface area contributed by atoms with Crippen molar-refractivity contribution in [3.8, 4) is 11.1 Å². The standard InChI is InChI=1S/C43H30F2N2O2/c44-33-19-9-29(10-20-33)13-27-41(48)46-35-23-15-31(16-24-35)43(39-7-3-1-5-37(39)38-6-2-4-8-40(38)43)32-17-25-36(26-18-32)47-42(49)28-14-30-11-21-34(45)22-12-30/h1-28H,(H,46,48)(H,47,49)/b27-13+,28-14+. The van der Waals surface area contributed by atoms with E-state index >= 15 is 0 Å². The summed E-state index contributed by atoms with van der Waals surface area (Å²) in [6.07, 6.45) is 6.12. The summed E-state index contributed by atoms with van der Waals surface area (Å²) in [5.74, 6) is -1.26. The van der Waals surface area contributed by atoms with Crippen LogP contribution < -0.4 is 10.6 Å². The van der Waals surface area contributed by atoms with E-state index in [1.54, 1.807) is 36.4 Å².